The molecule has 130 valence electrons. The molecule has 0 bridgehead atoms. The number of hydrogen-bond acceptors (Lipinski definition) is 5. The Hall–Kier alpha value is -1.07. The van der Waals surface area contributed by atoms with Crippen LogP contribution in [-0.2, 0) is 20.6 Å². The Balaban J connectivity index is 1.51. The van der Waals surface area contributed by atoms with Crippen molar-refractivity contribution < 1.29 is 19.0 Å². The molecule has 0 unspecified atom stereocenters. The standard InChI is InChI=1S/C18H28O4S/c1-2-3-4-5-6-7-8-11-21-18(19)22-14-16-17-15(9-12-20-16)10-13-23-17/h10,13,16H,2-9,11-12,14H2,1H3/t16-/m0/s1. The molecule has 0 fully saturated rings. The normalized spacial score (nSPS) is 16.8. The van der Waals surface area contributed by atoms with Crippen LogP contribution in [0.25, 0.3) is 0 Å². The minimum atomic E-state index is -0.580. The molecular weight excluding hydrogens is 312 g/mol. The summed E-state index contributed by atoms with van der Waals surface area (Å²) in [6.45, 7) is 3.59. The van der Waals surface area contributed by atoms with Crippen LogP contribution in [0, 0.1) is 0 Å². The first-order valence-corrected chi connectivity index (χ1v) is 9.66. The monoisotopic (exact) mass is 340 g/mol. The highest BCUT2D eigenvalue weighted by Gasteiger charge is 2.23. The van der Waals surface area contributed by atoms with Crippen molar-refractivity contribution >= 4 is 17.5 Å². The summed E-state index contributed by atoms with van der Waals surface area (Å²) in [5.74, 6) is 0. The Morgan fingerprint density at radius 1 is 1.22 bits per heavy atom. The fourth-order valence-corrected chi connectivity index (χ4v) is 3.74. The van der Waals surface area contributed by atoms with Crippen molar-refractivity contribution in [3.8, 4) is 0 Å². The molecule has 1 atom stereocenters. The third-order valence-corrected chi connectivity index (χ3v) is 5.14. The van der Waals surface area contributed by atoms with Crippen molar-refractivity contribution in [2.75, 3.05) is 19.8 Å². The molecule has 2 heterocycles. The zero-order valence-corrected chi connectivity index (χ0v) is 14.9. The summed E-state index contributed by atoms with van der Waals surface area (Å²) >= 11 is 1.66. The lowest BCUT2D eigenvalue weighted by molar-refractivity contribution is -0.0219. The maximum absolute atomic E-state index is 11.6. The van der Waals surface area contributed by atoms with Crippen LogP contribution in [0.1, 0.15) is 68.4 Å². The van der Waals surface area contributed by atoms with Gasteiger partial charge in [0, 0.05) is 4.88 Å². The lowest BCUT2D eigenvalue weighted by Crippen LogP contribution is -2.21. The average Bonchev–Trinajstić information content (AvgIpc) is 3.04. The summed E-state index contributed by atoms with van der Waals surface area (Å²) in [7, 11) is 0. The summed E-state index contributed by atoms with van der Waals surface area (Å²) in [5.41, 5.74) is 1.31. The molecule has 1 aliphatic heterocycles. The molecule has 4 nitrogen and oxygen atoms in total. The van der Waals surface area contributed by atoms with Gasteiger partial charge in [0.25, 0.3) is 0 Å². The van der Waals surface area contributed by atoms with Crippen molar-refractivity contribution in [2.24, 2.45) is 0 Å². The van der Waals surface area contributed by atoms with Gasteiger partial charge in [0.05, 0.1) is 13.2 Å². The zero-order chi connectivity index (χ0) is 16.3. The third-order valence-electron chi connectivity index (χ3n) is 4.08. The SMILES string of the molecule is CCCCCCCCCOC(=O)OC[C@@H]1OCCc2ccsc21. The average molecular weight is 340 g/mol. The molecule has 0 spiro atoms. The van der Waals surface area contributed by atoms with Crippen LogP contribution in [0.5, 0.6) is 0 Å². The zero-order valence-electron chi connectivity index (χ0n) is 14.1. The van der Waals surface area contributed by atoms with Gasteiger partial charge in [0.2, 0.25) is 0 Å². The van der Waals surface area contributed by atoms with Crippen molar-refractivity contribution in [3.05, 3.63) is 21.9 Å². The van der Waals surface area contributed by atoms with Crippen molar-refractivity contribution in [3.63, 3.8) is 0 Å². The van der Waals surface area contributed by atoms with E-state index in [-0.39, 0.29) is 12.7 Å². The van der Waals surface area contributed by atoms with Gasteiger partial charge in [-0.1, -0.05) is 45.4 Å². The minimum Gasteiger partial charge on any atom is -0.434 e. The summed E-state index contributed by atoms with van der Waals surface area (Å²) in [5, 5.41) is 2.06. The second-order valence-electron chi connectivity index (χ2n) is 5.95. The van der Waals surface area contributed by atoms with Gasteiger partial charge >= 0.3 is 6.16 Å². The minimum absolute atomic E-state index is 0.134. The Kier molecular flexibility index (Phi) is 8.47. The summed E-state index contributed by atoms with van der Waals surface area (Å²) in [6, 6.07) is 2.12. The predicted molar refractivity (Wildman–Crippen MR) is 92.0 cm³/mol. The second kappa shape index (κ2) is 10.7. The number of ether oxygens (including phenoxy) is 3. The van der Waals surface area contributed by atoms with E-state index in [1.807, 2.05) is 0 Å². The number of unbranched alkanes of at least 4 members (excludes halogenated alkanes) is 6. The summed E-state index contributed by atoms with van der Waals surface area (Å²) in [4.78, 5) is 12.8. The molecule has 0 N–H and O–H groups in total. The number of carbonyl (C=O) groups excluding carboxylic acids is 1. The van der Waals surface area contributed by atoms with Crippen LogP contribution >= 0.6 is 11.3 Å². The molecule has 0 aliphatic carbocycles. The van der Waals surface area contributed by atoms with E-state index in [2.05, 4.69) is 18.4 Å². The van der Waals surface area contributed by atoms with Gasteiger partial charge in [-0.3, -0.25) is 0 Å². The third kappa shape index (κ3) is 6.51. The highest BCUT2D eigenvalue weighted by Crippen LogP contribution is 2.31. The molecule has 23 heavy (non-hydrogen) atoms. The first-order valence-electron chi connectivity index (χ1n) is 8.78. The molecule has 0 saturated heterocycles. The van der Waals surface area contributed by atoms with Crippen LogP contribution in [0.4, 0.5) is 4.79 Å². The van der Waals surface area contributed by atoms with Crippen LogP contribution in [0.15, 0.2) is 11.4 Å². The number of rotatable bonds is 10. The maximum Gasteiger partial charge on any atom is 0.508 e. The number of thiophene rings is 1. The Morgan fingerprint density at radius 3 is 2.83 bits per heavy atom. The van der Waals surface area contributed by atoms with Crippen LogP contribution in [-0.4, -0.2) is 26.0 Å². The molecule has 1 aromatic rings. The van der Waals surface area contributed by atoms with Gasteiger partial charge in [0.1, 0.15) is 12.7 Å². The first-order chi connectivity index (χ1) is 11.3. The number of fused-ring (bicyclic) bond motifs is 1. The second-order valence-corrected chi connectivity index (χ2v) is 6.90. The van der Waals surface area contributed by atoms with Crippen molar-refractivity contribution in [1.29, 1.82) is 0 Å². The van der Waals surface area contributed by atoms with Gasteiger partial charge in [-0.15, -0.1) is 11.3 Å². The molecule has 1 aliphatic rings. The molecule has 1 aromatic heterocycles. The molecule has 0 saturated carbocycles. The molecule has 2 rings (SSSR count). The molecular formula is C18H28O4S. The molecule has 0 aromatic carbocycles. The van der Waals surface area contributed by atoms with E-state index in [0.29, 0.717) is 13.2 Å². The van der Waals surface area contributed by atoms with Crippen molar-refractivity contribution in [1.82, 2.24) is 0 Å². The van der Waals surface area contributed by atoms with Crippen LogP contribution < -0.4 is 0 Å². The first kappa shape index (κ1) is 18.3. The Morgan fingerprint density at radius 2 is 2.00 bits per heavy atom. The summed E-state index contributed by atoms with van der Waals surface area (Å²) in [6.07, 6.45) is 8.65. The predicted octanol–water partition coefficient (Wildman–Crippen LogP) is 5.27. The lowest BCUT2D eigenvalue weighted by atomic mass is 10.1. The van der Waals surface area contributed by atoms with E-state index in [0.717, 1.165) is 19.3 Å². The maximum atomic E-state index is 11.6. The highest BCUT2D eigenvalue weighted by atomic mass is 32.1. The molecule has 0 radical (unpaired) electrons. The highest BCUT2D eigenvalue weighted by molar-refractivity contribution is 7.10. The quantitative estimate of drug-likeness (QED) is 0.430. The smallest absolute Gasteiger partial charge is 0.434 e. The molecule has 0 amide bonds. The number of hydrogen-bond donors (Lipinski definition) is 0. The number of carbonyl (C=O) groups is 1. The van der Waals surface area contributed by atoms with Gasteiger partial charge in [-0.05, 0) is 29.9 Å². The topological polar surface area (TPSA) is 44.8 Å². The lowest BCUT2D eigenvalue weighted by Gasteiger charge is -2.22. The van der Waals surface area contributed by atoms with Crippen LogP contribution in [0.2, 0.25) is 0 Å². The van der Waals surface area contributed by atoms with Gasteiger partial charge < -0.3 is 14.2 Å². The fourth-order valence-electron chi connectivity index (χ4n) is 2.75. The van der Waals surface area contributed by atoms with E-state index < -0.39 is 6.16 Å². The van der Waals surface area contributed by atoms with Crippen LogP contribution in [0.3, 0.4) is 0 Å². The van der Waals surface area contributed by atoms with E-state index >= 15 is 0 Å². The molecule has 5 heteroatoms. The van der Waals surface area contributed by atoms with E-state index in [1.54, 1.807) is 11.3 Å². The summed E-state index contributed by atoms with van der Waals surface area (Å²) < 4.78 is 16.0. The van der Waals surface area contributed by atoms with Gasteiger partial charge in [-0.25, -0.2) is 4.79 Å². The van der Waals surface area contributed by atoms with Crippen molar-refractivity contribution in [2.45, 2.75) is 64.4 Å². The van der Waals surface area contributed by atoms with E-state index in [9.17, 15) is 4.79 Å². The fraction of sp³-hybridized carbons (Fsp3) is 0.722. The van der Waals surface area contributed by atoms with Gasteiger partial charge in [-0.2, -0.15) is 0 Å². The van der Waals surface area contributed by atoms with E-state index in [1.165, 1.54) is 42.5 Å². The Bertz CT molecular complexity index is 458. The Labute approximate surface area is 143 Å². The van der Waals surface area contributed by atoms with E-state index in [4.69, 9.17) is 14.2 Å². The largest absolute Gasteiger partial charge is 0.508 e. The van der Waals surface area contributed by atoms with Gasteiger partial charge in [0.15, 0.2) is 0 Å².